The monoisotopic (exact) mass is 295 g/mol. The first-order valence-electron chi connectivity index (χ1n) is 5.98. The molecule has 0 aromatic rings. The van der Waals surface area contributed by atoms with Crippen molar-refractivity contribution in [2.75, 3.05) is 34.3 Å². The summed E-state index contributed by atoms with van der Waals surface area (Å²) >= 11 is 0. The molecular formula is C11H24N2O5P+. The van der Waals surface area contributed by atoms with Crippen molar-refractivity contribution < 1.29 is 28.2 Å². The van der Waals surface area contributed by atoms with Crippen LogP contribution in [0.25, 0.3) is 0 Å². The summed E-state index contributed by atoms with van der Waals surface area (Å²) in [6, 6.07) is -0.126. The Hall–Kier alpha value is -0.720. The highest BCUT2D eigenvalue weighted by Gasteiger charge is 2.27. The van der Waals surface area contributed by atoms with Gasteiger partial charge in [-0.05, 0) is 13.0 Å². The van der Waals surface area contributed by atoms with Gasteiger partial charge in [0, 0.05) is 13.0 Å². The molecule has 7 nitrogen and oxygen atoms in total. The maximum atomic E-state index is 11.2. The van der Waals surface area contributed by atoms with Crippen LogP contribution in [0.2, 0.25) is 0 Å². The number of quaternary nitrogens is 1. The van der Waals surface area contributed by atoms with E-state index in [4.69, 9.17) is 9.79 Å². The van der Waals surface area contributed by atoms with E-state index in [1.165, 1.54) is 6.08 Å². The van der Waals surface area contributed by atoms with Crippen molar-refractivity contribution in [3.63, 3.8) is 0 Å². The summed E-state index contributed by atoms with van der Waals surface area (Å²) in [6.07, 6.45) is 3.63. The van der Waals surface area contributed by atoms with Crippen LogP contribution >= 0.6 is 7.82 Å². The number of nitrogens with one attached hydrogen (secondary N) is 1. The molecule has 0 saturated heterocycles. The molecule has 3 N–H and O–H groups in total. The number of hydrogen-bond donors (Lipinski definition) is 3. The first-order valence-corrected chi connectivity index (χ1v) is 7.51. The van der Waals surface area contributed by atoms with Gasteiger partial charge in [0.25, 0.3) is 0 Å². The van der Waals surface area contributed by atoms with Crippen LogP contribution in [0, 0.1) is 0 Å². The quantitative estimate of drug-likeness (QED) is 0.339. The van der Waals surface area contributed by atoms with Crippen molar-refractivity contribution in [3.05, 3.63) is 12.2 Å². The molecule has 112 valence electrons. The van der Waals surface area contributed by atoms with E-state index in [1.54, 1.807) is 13.0 Å². The van der Waals surface area contributed by atoms with Crippen molar-refractivity contribution in [2.24, 2.45) is 0 Å². The molecule has 1 amide bonds. The minimum absolute atomic E-state index is 0.0622. The van der Waals surface area contributed by atoms with Crippen LogP contribution in [-0.4, -0.2) is 60.5 Å². The third-order valence-corrected chi connectivity index (χ3v) is 3.11. The number of phosphoric ester groups is 1. The second kappa shape index (κ2) is 7.77. The first kappa shape index (κ1) is 18.3. The van der Waals surface area contributed by atoms with Crippen LogP contribution in [0.5, 0.6) is 0 Å². The average Bonchev–Trinajstić information content (AvgIpc) is 2.20. The molecule has 0 rings (SSSR count). The number of allylic oxidation sites excluding steroid dienone is 1. The van der Waals surface area contributed by atoms with E-state index in [2.05, 4.69) is 9.84 Å². The fourth-order valence-electron chi connectivity index (χ4n) is 1.45. The summed E-state index contributed by atoms with van der Waals surface area (Å²) in [5, 5.41) is 2.70. The second-order valence-corrected chi connectivity index (χ2v) is 6.38. The first-order chi connectivity index (χ1) is 8.56. The summed E-state index contributed by atoms with van der Waals surface area (Å²) < 4.78 is 15.7. The molecule has 0 heterocycles. The van der Waals surface area contributed by atoms with Crippen LogP contribution in [0.1, 0.15) is 13.3 Å². The Bertz CT molecular complexity index is 359. The molecule has 0 aliphatic heterocycles. The van der Waals surface area contributed by atoms with Gasteiger partial charge in [0.15, 0.2) is 0 Å². The van der Waals surface area contributed by atoms with E-state index >= 15 is 0 Å². The van der Waals surface area contributed by atoms with Gasteiger partial charge in [0.1, 0.15) is 12.6 Å². The number of carbonyl (C=O) groups excluding carboxylic acids is 1. The number of phosphoric acid groups is 1. The molecule has 8 heteroatoms. The number of likely N-dealkylation sites (N-methyl/N-ethyl adjacent to an activating group) is 1. The van der Waals surface area contributed by atoms with E-state index in [9.17, 15) is 9.36 Å². The van der Waals surface area contributed by atoms with Crippen LogP contribution in [0.15, 0.2) is 12.2 Å². The van der Waals surface area contributed by atoms with Gasteiger partial charge in [0.05, 0.1) is 21.1 Å². The number of hydrogen-bond acceptors (Lipinski definition) is 3. The largest absolute Gasteiger partial charge is 0.469 e. The maximum absolute atomic E-state index is 11.2. The topological polar surface area (TPSA) is 95.9 Å². The highest BCUT2D eigenvalue weighted by Crippen LogP contribution is 2.36. The van der Waals surface area contributed by atoms with Gasteiger partial charge in [-0.2, -0.15) is 0 Å². The fraction of sp³-hybridized carbons (Fsp3) is 0.727. The smallest absolute Gasteiger partial charge is 0.352 e. The standard InChI is InChI=1S/C11H23N2O5P/c1-5-6-11(14)12-8-7-10(13(2,3)4)9-18-19(15,16)17/h5-6,10H,7-9H2,1-4H3,(H2-,12,14,15,16,17)/p+1. The SMILES string of the molecule is CC=CC(=O)NCCC(COP(=O)(O)O)[N+](C)(C)C. The minimum Gasteiger partial charge on any atom is -0.352 e. The van der Waals surface area contributed by atoms with Crippen LogP contribution in [-0.2, 0) is 13.9 Å². The van der Waals surface area contributed by atoms with Gasteiger partial charge in [-0.25, -0.2) is 4.57 Å². The number of nitrogens with zero attached hydrogens (tertiary/aromatic N) is 1. The zero-order valence-corrected chi connectivity index (χ0v) is 12.8. The second-order valence-electron chi connectivity index (χ2n) is 5.14. The summed E-state index contributed by atoms with van der Waals surface area (Å²) in [4.78, 5) is 28.7. The van der Waals surface area contributed by atoms with Crippen molar-refractivity contribution >= 4 is 13.7 Å². The molecule has 1 unspecified atom stereocenters. The maximum Gasteiger partial charge on any atom is 0.469 e. The molecule has 0 aromatic carbocycles. The van der Waals surface area contributed by atoms with Gasteiger partial charge < -0.3 is 19.6 Å². The Kier molecular flexibility index (Phi) is 7.47. The van der Waals surface area contributed by atoms with Gasteiger partial charge in [-0.1, -0.05) is 6.08 Å². The summed E-state index contributed by atoms with van der Waals surface area (Å²) in [5.74, 6) is -0.182. The Morgan fingerprint density at radius 2 is 2.00 bits per heavy atom. The Morgan fingerprint density at radius 1 is 1.42 bits per heavy atom. The van der Waals surface area contributed by atoms with Gasteiger partial charge in [-0.15, -0.1) is 0 Å². The van der Waals surface area contributed by atoms with Crippen molar-refractivity contribution in [1.29, 1.82) is 0 Å². The molecule has 1 atom stereocenters. The lowest BCUT2D eigenvalue weighted by atomic mass is 10.1. The van der Waals surface area contributed by atoms with E-state index in [0.29, 0.717) is 17.4 Å². The van der Waals surface area contributed by atoms with Crippen LogP contribution in [0.3, 0.4) is 0 Å². The highest BCUT2D eigenvalue weighted by molar-refractivity contribution is 7.46. The van der Waals surface area contributed by atoms with Gasteiger partial charge >= 0.3 is 7.82 Å². The number of carbonyl (C=O) groups is 1. The Morgan fingerprint density at radius 3 is 2.42 bits per heavy atom. The molecule has 0 spiro atoms. The van der Waals surface area contributed by atoms with Crippen molar-refractivity contribution in [1.82, 2.24) is 5.32 Å². The van der Waals surface area contributed by atoms with E-state index in [0.717, 1.165) is 0 Å². The third-order valence-electron chi connectivity index (χ3n) is 2.63. The average molecular weight is 295 g/mol. The lowest BCUT2D eigenvalue weighted by Gasteiger charge is -2.34. The summed E-state index contributed by atoms with van der Waals surface area (Å²) in [5.41, 5.74) is 0. The summed E-state index contributed by atoms with van der Waals surface area (Å²) in [6.45, 7) is 2.11. The molecule has 19 heavy (non-hydrogen) atoms. The third kappa shape index (κ3) is 9.81. The molecule has 0 aliphatic carbocycles. The molecule has 0 saturated carbocycles. The molecule has 0 aliphatic rings. The van der Waals surface area contributed by atoms with E-state index < -0.39 is 7.82 Å². The molecule has 0 fully saturated rings. The zero-order chi connectivity index (χ0) is 15.1. The van der Waals surface area contributed by atoms with Gasteiger partial charge in [0.2, 0.25) is 5.91 Å². The Labute approximate surface area is 114 Å². The van der Waals surface area contributed by atoms with E-state index in [-0.39, 0.29) is 18.6 Å². The normalized spacial score (nSPS) is 14.6. The van der Waals surface area contributed by atoms with Gasteiger partial charge in [-0.3, -0.25) is 9.32 Å². The molecule has 0 radical (unpaired) electrons. The van der Waals surface area contributed by atoms with Crippen LogP contribution in [0.4, 0.5) is 0 Å². The minimum atomic E-state index is -4.46. The number of amides is 1. The molecule has 0 bridgehead atoms. The molecule has 0 aromatic heterocycles. The predicted molar refractivity (Wildman–Crippen MR) is 72.3 cm³/mol. The lowest BCUT2D eigenvalue weighted by molar-refractivity contribution is -0.896. The van der Waals surface area contributed by atoms with Crippen LogP contribution < -0.4 is 5.32 Å². The predicted octanol–water partition coefficient (Wildman–Crippen LogP) is 0.253. The zero-order valence-electron chi connectivity index (χ0n) is 11.9. The lowest BCUT2D eigenvalue weighted by Crippen LogP contribution is -2.49. The fourth-order valence-corrected chi connectivity index (χ4v) is 1.82. The molecular weight excluding hydrogens is 271 g/mol. The van der Waals surface area contributed by atoms with Crippen molar-refractivity contribution in [2.45, 2.75) is 19.4 Å². The highest BCUT2D eigenvalue weighted by atomic mass is 31.2. The van der Waals surface area contributed by atoms with E-state index in [1.807, 2.05) is 21.1 Å². The van der Waals surface area contributed by atoms with Crippen molar-refractivity contribution in [3.8, 4) is 0 Å². The number of rotatable bonds is 8. The summed E-state index contributed by atoms with van der Waals surface area (Å²) in [7, 11) is 1.25. The Balaban J connectivity index is 4.30.